The lowest BCUT2D eigenvalue weighted by Crippen LogP contribution is -2.27. The fourth-order valence-electron chi connectivity index (χ4n) is 4.38. The van der Waals surface area contributed by atoms with Gasteiger partial charge in [0.1, 0.15) is 23.4 Å². The molecule has 0 bridgehead atoms. The number of nitrogens with one attached hydrogen (secondary N) is 1. The van der Waals surface area contributed by atoms with Gasteiger partial charge >= 0.3 is 0 Å². The third-order valence-electron chi connectivity index (χ3n) is 6.26. The smallest absolute Gasteiger partial charge is 0.249 e. The van der Waals surface area contributed by atoms with E-state index in [9.17, 15) is 10.1 Å². The SMILES string of the molecule is CCC(C(=O)Nc1oc(-c2ccccc2)c(-c2ccccc2)c1C#N)n1c(N)nnc1SCc1ccccc1. The first-order chi connectivity index (χ1) is 19.1. The Morgan fingerprint density at radius 1 is 1.00 bits per heavy atom. The Balaban J connectivity index is 1.48. The van der Waals surface area contributed by atoms with Gasteiger partial charge in [-0.15, -0.1) is 10.2 Å². The number of rotatable bonds is 9. The standard InChI is InChI=1S/C30H26N6O2S/c1-2-24(36-29(32)34-35-30(36)39-19-20-12-6-3-7-13-20)27(37)33-28-23(18-31)25(21-14-8-4-9-15-21)26(38-28)22-16-10-5-11-17-22/h3-17,24H,2,19H2,1H3,(H2,32,34)(H,33,37). The second kappa shape index (κ2) is 11.7. The molecule has 3 N–H and O–H groups in total. The lowest BCUT2D eigenvalue weighted by Gasteiger charge is -2.18. The zero-order valence-corrected chi connectivity index (χ0v) is 22.1. The molecule has 1 unspecified atom stereocenters. The Labute approximate surface area is 230 Å². The van der Waals surface area contributed by atoms with Gasteiger partial charge < -0.3 is 10.2 Å². The van der Waals surface area contributed by atoms with E-state index in [0.717, 1.165) is 16.7 Å². The summed E-state index contributed by atoms with van der Waals surface area (Å²) in [5.41, 5.74) is 9.77. The highest BCUT2D eigenvalue weighted by Gasteiger charge is 2.29. The molecule has 1 atom stereocenters. The van der Waals surface area contributed by atoms with E-state index in [-0.39, 0.29) is 23.3 Å². The molecular formula is C30H26N6O2S. The van der Waals surface area contributed by atoms with Crippen molar-refractivity contribution in [3.8, 4) is 28.5 Å². The van der Waals surface area contributed by atoms with Crippen molar-refractivity contribution >= 4 is 29.5 Å². The largest absolute Gasteiger partial charge is 0.438 e. The van der Waals surface area contributed by atoms with Gasteiger partial charge in [-0.05, 0) is 17.5 Å². The van der Waals surface area contributed by atoms with Crippen LogP contribution in [0.15, 0.2) is 101 Å². The maximum absolute atomic E-state index is 13.7. The number of nitrogen functional groups attached to an aromatic ring is 1. The number of thioether (sulfide) groups is 1. The molecular weight excluding hydrogens is 508 g/mol. The molecule has 0 radical (unpaired) electrons. The first kappa shape index (κ1) is 25.8. The van der Waals surface area contributed by atoms with Gasteiger partial charge in [-0.3, -0.25) is 14.7 Å². The van der Waals surface area contributed by atoms with E-state index in [1.807, 2.05) is 97.9 Å². The van der Waals surface area contributed by atoms with E-state index in [0.29, 0.717) is 28.7 Å². The first-order valence-electron chi connectivity index (χ1n) is 12.5. The minimum absolute atomic E-state index is 0.0868. The predicted octanol–water partition coefficient (Wildman–Crippen LogP) is 6.54. The third-order valence-corrected chi connectivity index (χ3v) is 7.27. The fourth-order valence-corrected chi connectivity index (χ4v) is 5.33. The van der Waals surface area contributed by atoms with Crippen molar-refractivity contribution in [3.63, 3.8) is 0 Å². The second-order valence-electron chi connectivity index (χ2n) is 8.75. The average Bonchev–Trinajstić information content (AvgIpc) is 3.53. The highest BCUT2D eigenvalue weighted by atomic mass is 32.2. The van der Waals surface area contributed by atoms with Gasteiger partial charge in [0.25, 0.3) is 0 Å². The van der Waals surface area contributed by atoms with Crippen LogP contribution in [-0.2, 0) is 10.5 Å². The maximum atomic E-state index is 13.7. The van der Waals surface area contributed by atoms with Crippen LogP contribution in [0.1, 0.15) is 30.5 Å². The number of anilines is 2. The predicted molar refractivity (Wildman–Crippen MR) is 153 cm³/mol. The quantitative estimate of drug-likeness (QED) is 0.206. The highest BCUT2D eigenvalue weighted by molar-refractivity contribution is 7.98. The number of amides is 1. The molecule has 0 aliphatic heterocycles. The summed E-state index contributed by atoms with van der Waals surface area (Å²) in [7, 11) is 0. The number of nitrogens with two attached hydrogens (primary N) is 1. The summed E-state index contributed by atoms with van der Waals surface area (Å²) in [5.74, 6) is 1.00. The van der Waals surface area contributed by atoms with Crippen LogP contribution < -0.4 is 11.1 Å². The molecule has 0 saturated heterocycles. The molecule has 3 aromatic carbocycles. The van der Waals surface area contributed by atoms with E-state index in [4.69, 9.17) is 10.2 Å². The van der Waals surface area contributed by atoms with Crippen molar-refractivity contribution in [3.05, 3.63) is 102 Å². The van der Waals surface area contributed by atoms with Gasteiger partial charge in [-0.25, -0.2) is 0 Å². The van der Waals surface area contributed by atoms with Crippen molar-refractivity contribution in [1.82, 2.24) is 14.8 Å². The molecule has 0 fully saturated rings. The van der Waals surface area contributed by atoms with Gasteiger partial charge in [0.05, 0.1) is 0 Å². The van der Waals surface area contributed by atoms with Crippen LogP contribution in [0, 0.1) is 11.3 Å². The monoisotopic (exact) mass is 534 g/mol. The van der Waals surface area contributed by atoms with Crippen LogP contribution in [0.25, 0.3) is 22.5 Å². The van der Waals surface area contributed by atoms with Gasteiger partial charge in [0.15, 0.2) is 5.16 Å². The molecule has 2 aromatic heterocycles. The van der Waals surface area contributed by atoms with Gasteiger partial charge in [0, 0.05) is 16.9 Å². The molecule has 0 aliphatic carbocycles. The van der Waals surface area contributed by atoms with Crippen LogP contribution in [0.5, 0.6) is 0 Å². The van der Waals surface area contributed by atoms with Crippen LogP contribution in [0.3, 0.4) is 0 Å². The topological polar surface area (TPSA) is 123 Å². The molecule has 5 rings (SSSR count). The number of carbonyl (C=O) groups is 1. The Morgan fingerprint density at radius 2 is 1.62 bits per heavy atom. The molecule has 0 saturated carbocycles. The maximum Gasteiger partial charge on any atom is 0.249 e. The molecule has 0 aliphatic rings. The van der Waals surface area contributed by atoms with Crippen molar-refractivity contribution in [1.29, 1.82) is 5.26 Å². The van der Waals surface area contributed by atoms with Crippen LogP contribution in [0.2, 0.25) is 0 Å². The van der Waals surface area contributed by atoms with Crippen molar-refractivity contribution in [2.75, 3.05) is 11.1 Å². The van der Waals surface area contributed by atoms with Crippen LogP contribution in [-0.4, -0.2) is 20.7 Å². The second-order valence-corrected chi connectivity index (χ2v) is 9.70. The van der Waals surface area contributed by atoms with Gasteiger partial charge in [-0.1, -0.05) is 110 Å². The summed E-state index contributed by atoms with van der Waals surface area (Å²) >= 11 is 1.45. The number of nitrogens with zero attached hydrogens (tertiary/aromatic N) is 4. The Hall–Kier alpha value is -4.81. The number of furan rings is 1. The van der Waals surface area contributed by atoms with E-state index >= 15 is 0 Å². The molecule has 194 valence electrons. The minimum atomic E-state index is -0.713. The highest BCUT2D eigenvalue weighted by Crippen LogP contribution is 2.41. The molecule has 2 heterocycles. The average molecular weight is 535 g/mol. The summed E-state index contributed by atoms with van der Waals surface area (Å²) in [6.45, 7) is 1.88. The number of nitriles is 1. The lowest BCUT2D eigenvalue weighted by atomic mass is 9.98. The summed E-state index contributed by atoms with van der Waals surface area (Å²) in [5, 5.41) is 21.8. The Kier molecular flexibility index (Phi) is 7.75. The first-order valence-corrected chi connectivity index (χ1v) is 13.4. The number of benzene rings is 3. The molecule has 39 heavy (non-hydrogen) atoms. The normalized spacial score (nSPS) is 11.6. The third kappa shape index (κ3) is 5.42. The molecule has 0 spiro atoms. The van der Waals surface area contributed by atoms with E-state index in [1.54, 1.807) is 4.57 Å². The van der Waals surface area contributed by atoms with E-state index in [2.05, 4.69) is 21.6 Å². The van der Waals surface area contributed by atoms with Gasteiger partial charge in [-0.2, -0.15) is 5.26 Å². The van der Waals surface area contributed by atoms with Gasteiger partial charge in [0.2, 0.25) is 17.7 Å². The molecule has 9 heteroatoms. The van der Waals surface area contributed by atoms with Crippen molar-refractivity contribution < 1.29 is 9.21 Å². The molecule has 8 nitrogen and oxygen atoms in total. The number of aromatic nitrogens is 3. The summed E-state index contributed by atoms with van der Waals surface area (Å²) < 4.78 is 7.83. The summed E-state index contributed by atoms with van der Waals surface area (Å²) in [6.07, 6.45) is 0.423. The van der Waals surface area contributed by atoms with Crippen molar-refractivity contribution in [2.45, 2.75) is 30.3 Å². The molecule has 5 aromatic rings. The number of carbonyl (C=O) groups excluding carboxylic acids is 1. The fraction of sp³-hybridized carbons (Fsp3) is 0.133. The zero-order chi connectivity index (χ0) is 27.2. The Morgan fingerprint density at radius 3 is 2.23 bits per heavy atom. The Bertz CT molecular complexity index is 1610. The van der Waals surface area contributed by atoms with Crippen LogP contribution >= 0.6 is 11.8 Å². The zero-order valence-electron chi connectivity index (χ0n) is 21.2. The van der Waals surface area contributed by atoms with Crippen molar-refractivity contribution in [2.24, 2.45) is 0 Å². The summed E-state index contributed by atoms with van der Waals surface area (Å²) in [6, 6.07) is 30.5. The minimum Gasteiger partial charge on any atom is -0.438 e. The number of hydrogen-bond acceptors (Lipinski definition) is 7. The van der Waals surface area contributed by atoms with Crippen LogP contribution in [0.4, 0.5) is 11.8 Å². The lowest BCUT2D eigenvalue weighted by molar-refractivity contribution is -0.119. The van der Waals surface area contributed by atoms with E-state index in [1.165, 1.54) is 11.8 Å². The summed E-state index contributed by atoms with van der Waals surface area (Å²) in [4.78, 5) is 13.7. The molecule has 1 amide bonds. The van der Waals surface area contributed by atoms with E-state index < -0.39 is 6.04 Å². The number of hydrogen-bond donors (Lipinski definition) is 2.